The fourth-order valence-electron chi connectivity index (χ4n) is 3.26. The van der Waals surface area contributed by atoms with Gasteiger partial charge in [0.15, 0.2) is 6.61 Å². The molecule has 1 atom stereocenters. The van der Waals surface area contributed by atoms with Crippen LogP contribution in [-0.2, 0) is 27.2 Å². The van der Waals surface area contributed by atoms with E-state index in [9.17, 15) is 9.59 Å². The van der Waals surface area contributed by atoms with E-state index in [1.165, 1.54) is 11.3 Å². The molecule has 2 aromatic heterocycles. The van der Waals surface area contributed by atoms with E-state index in [1.807, 2.05) is 53.4 Å². The van der Waals surface area contributed by atoms with Crippen molar-refractivity contribution in [3.8, 4) is 10.6 Å². The highest BCUT2D eigenvalue weighted by molar-refractivity contribution is 7.14. The summed E-state index contributed by atoms with van der Waals surface area (Å²) < 4.78 is 5.22. The van der Waals surface area contributed by atoms with Gasteiger partial charge in [-0.05, 0) is 36.4 Å². The molecule has 0 spiro atoms. The number of thiophene rings is 1. The molecule has 0 fully saturated rings. The summed E-state index contributed by atoms with van der Waals surface area (Å²) in [6.45, 7) is 1.75. The normalized spacial score (nSPS) is 15.6. The maximum absolute atomic E-state index is 12.6. The van der Waals surface area contributed by atoms with Crippen LogP contribution in [0.5, 0.6) is 0 Å². The van der Waals surface area contributed by atoms with Gasteiger partial charge in [0, 0.05) is 28.1 Å². The lowest BCUT2D eigenvalue weighted by molar-refractivity contribution is -0.147. The van der Waals surface area contributed by atoms with Crippen LogP contribution >= 0.6 is 22.7 Å². The van der Waals surface area contributed by atoms with Gasteiger partial charge in [-0.2, -0.15) is 11.3 Å². The summed E-state index contributed by atoms with van der Waals surface area (Å²) >= 11 is 3.11. The molecular weight excluding hydrogens is 380 g/mol. The Balaban J connectivity index is 1.34. The number of fused-ring (bicyclic) bond motifs is 1. The number of hydrogen-bond donors (Lipinski definition) is 0. The highest BCUT2D eigenvalue weighted by atomic mass is 32.1. The summed E-state index contributed by atoms with van der Waals surface area (Å²) in [5, 5.41) is 6.76. The van der Waals surface area contributed by atoms with E-state index in [0.29, 0.717) is 5.69 Å². The van der Waals surface area contributed by atoms with Gasteiger partial charge in [-0.3, -0.25) is 9.59 Å². The largest absolute Gasteiger partial charge is 0.455 e. The van der Waals surface area contributed by atoms with Gasteiger partial charge in [-0.15, -0.1) is 11.3 Å². The lowest BCUT2D eigenvalue weighted by Gasteiger charge is -2.22. The average molecular weight is 399 g/mol. The first-order chi connectivity index (χ1) is 13.1. The Morgan fingerprint density at radius 3 is 2.93 bits per heavy atom. The molecule has 1 aliphatic rings. The summed E-state index contributed by atoms with van der Waals surface area (Å²) in [5.41, 5.74) is 3.78. The molecule has 0 unspecified atom stereocenters. The third-order valence-corrected chi connectivity index (χ3v) is 6.10. The van der Waals surface area contributed by atoms with Gasteiger partial charge in [-0.25, -0.2) is 4.98 Å². The van der Waals surface area contributed by atoms with Crippen LogP contribution in [0.1, 0.15) is 18.2 Å². The van der Waals surface area contributed by atoms with Crippen LogP contribution in [-0.4, -0.2) is 29.5 Å². The molecule has 0 aliphatic carbocycles. The highest BCUT2D eigenvalue weighted by Gasteiger charge is 2.30. The first-order valence-corrected chi connectivity index (χ1v) is 10.5. The fraction of sp³-hybridized carbons (Fsp3) is 0.250. The van der Waals surface area contributed by atoms with Crippen LogP contribution in [0.25, 0.3) is 10.6 Å². The van der Waals surface area contributed by atoms with Crippen molar-refractivity contribution in [2.75, 3.05) is 11.5 Å². The molecule has 0 saturated carbocycles. The predicted octanol–water partition coefficient (Wildman–Crippen LogP) is 3.94. The molecule has 0 bridgehead atoms. The summed E-state index contributed by atoms with van der Waals surface area (Å²) in [6.07, 6.45) is 0.889. The van der Waals surface area contributed by atoms with Crippen molar-refractivity contribution in [2.24, 2.45) is 0 Å². The van der Waals surface area contributed by atoms with Crippen LogP contribution in [0.15, 0.2) is 46.5 Å². The number of rotatable bonds is 5. The van der Waals surface area contributed by atoms with E-state index < -0.39 is 5.97 Å². The van der Waals surface area contributed by atoms with E-state index in [0.717, 1.165) is 28.2 Å². The van der Waals surface area contributed by atoms with Crippen molar-refractivity contribution in [2.45, 2.75) is 25.8 Å². The Morgan fingerprint density at radius 1 is 1.26 bits per heavy atom. The lowest BCUT2D eigenvalue weighted by Crippen LogP contribution is -2.38. The zero-order chi connectivity index (χ0) is 18.8. The van der Waals surface area contributed by atoms with E-state index in [4.69, 9.17) is 4.74 Å². The number of nitrogens with zero attached hydrogens (tertiary/aromatic N) is 2. The van der Waals surface area contributed by atoms with Gasteiger partial charge in [0.25, 0.3) is 5.91 Å². The Hall–Kier alpha value is -2.51. The summed E-state index contributed by atoms with van der Waals surface area (Å²) in [7, 11) is 0. The van der Waals surface area contributed by atoms with Crippen molar-refractivity contribution >= 4 is 40.2 Å². The predicted molar refractivity (Wildman–Crippen MR) is 107 cm³/mol. The molecule has 0 radical (unpaired) electrons. The molecule has 3 heterocycles. The molecule has 1 aliphatic heterocycles. The molecule has 3 aromatic rings. The second kappa shape index (κ2) is 7.62. The van der Waals surface area contributed by atoms with Crippen molar-refractivity contribution in [1.82, 2.24) is 4.98 Å². The number of aromatic nitrogens is 1. The van der Waals surface area contributed by atoms with E-state index in [1.54, 1.807) is 16.2 Å². The number of anilines is 1. The second-order valence-corrected chi connectivity index (χ2v) is 8.08. The van der Waals surface area contributed by atoms with Gasteiger partial charge < -0.3 is 9.64 Å². The number of hydrogen-bond acceptors (Lipinski definition) is 6. The molecule has 1 amide bonds. The van der Waals surface area contributed by atoms with Crippen molar-refractivity contribution in [1.29, 1.82) is 0 Å². The second-order valence-electron chi connectivity index (χ2n) is 6.44. The first kappa shape index (κ1) is 17.9. The van der Waals surface area contributed by atoms with Crippen LogP contribution in [0.2, 0.25) is 0 Å². The SMILES string of the molecule is C[C@@H]1Cc2ccccc2N1C(=O)COC(=O)Cc1csc(-c2ccsc2)n1. The standard InChI is InChI=1S/C20H18N2O3S2/c1-13-8-14-4-2-3-5-17(14)22(13)18(23)10-25-19(24)9-16-12-27-20(21-16)15-6-7-26-11-15/h2-7,11-13H,8-10H2,1H3/t13-/m1/s1. The van der Waals surface area contributed by atoms with Crippen LogP contribution < -0.4 is 4.90 Å². The first-order valence-electron chi connectivity index (χ1n) is 8.64. The fourth-order valence-corrected chi connectivity index (χ4v) is 4.80. The molecule has 0 saturated heterocycles. The maximum Gasteiger partial charge on any atom is 0.312 e. The monoisotopic (exact) mass is 398 g/mol. The van der Waals surface area contributed by atoms with Gasteiger partial charge in [-0.1, -0.05) is 18.2 Å². The third-order valence-electron chi connectivity index (χ3n) is 4.48. The third kappa shape index (κ3) is 3.79. The highest BCUT2D eigenvalue weighted by Crippen LogP contribution is 2.31. The molecule has 1 aromatic carbocycles. The van der Waals surface area contributed by atoms with Gasteiger partial charge in [0.2, 0.25) is 0 Å². The maximum atomic E-state index is 12.6. The van der Waals surface area contributed by atoms with E-state index in [2.05, 4.69) is 4.98 Å². The van der Waals surface area contributed by atoms with Crippen LogP contribution in [0.4, 0.5) is 5.69 Å². The van der Waals surface area contributed by atoms with Crippen molar-refractivity contribution < 1.29 is 14.3 Å². The number of carbonyl (C=O) groups excluding carboxylic acids is 2. The molecule has 4 rings (SSSR count). The van der Waals surface area contributed by atoms with Crippen molar-refractivity contribution in [3.63, 3.8) is 0 Å². The smallest absolute Gasteiger partial charge is 0.312 e. The van der Waals surface area contributed by atoms with Crippen molar-refractivity contribution in [3.05, 3.63) is 57.7 Å². The van der Waals surface area contributed by atoms with E-state index in [-0.39, 0.29) is 25.0 Å². The topological polar surface area (TPSA) is 59.5 Å². The van der Waals surface area contributed by atoms with Gasteiger partial charge in [0.05, 0.1) is 12.1 Å². The summed E-state index contributed by atoms with van der Waals surface area (Å²) in [5.74, 6) is -0.635. The number of amides is 1. The number of esters is 1. The molecule has 0 N–H and O–H groups in total. The molecular formula is C20H18N2O3S2. The average Bonchev–Trinajstić information content (AvgIpc) is 3.38. The molecule has 138 valence electrons. The van der Waals surface area contributed by atoms with Gasteiger partial charge >= 0.3 is 5.97 Å². The minimum Gasteiger partial charge on any atom is -0.455 e. The number of benzene rings is 1. The van der Waals surface area contributed by atoms with Crippen LogP contribution in [0.3, 0.4) is 0 Å². The van der Waals surface area contributed by atoms with E-state index >= 15 is 0 Å². The number of para-hydroxylation sites is 1. The molecule has 5 nitrogen and oxygen atoms in total. The Bertz CT molecular complexity index is 965. The number of ether oxygens (including phenoxy) is 1. The number of thiazole rings is 1. The Labute approximate surface area is 165 Å². The zero-order valence-electron chi connectivity index (χ0n) is 14.8. The Morgan fingerprint density at radius 2 is 2.11 bits per heavy atom. The summed E-state index contributed by atoms with van der Waals surface area (Å²) in [4.78, 5) is 30.9. The van der Waals surface area contributed by atoms with Gasteiger partial charge in [0.1, 0.15) is 5.01 Å². The minimum atomic E-state index is -0.439. The summed E-state index contributed by atoms with van der Waals surface area (Å²) in [6, 6.07) is 9.91. The quantitative estimate of drug-likeness (QED) is 0.611. The molecule has 7 heteroatoms. The molecule has 27 heavy (non-hydrogen) atoms. The zero-order valence-corrected chi connectivity index (χ0v) is 16.4. The Kier molecular flexibility index (Phi) is 5.05. The minimum absolute atomic E-state index is 0.0695. The number of carbonyl (C=O) groups is 2. The lowest BCUT2D eigenvalue weighted by atomic mass is 10.1. The van der Waals surface area contributed by atoms with Crippen LogP contribution in [0, 0.1) is 0 Å².